The number of nitrogens with one attached hydrogen (secondary N) is 1. The van der Waals surface area contributed by atoms with Crippen molar-refractivity contribution in [2.24, 2.45) is 0 Å². The smallest absolute Gasteiger partial charge is 0.409 e. The van der Waals surface area contributed by atoms with Gasteiger partial charge >= 0.3 is 6.09 Å². The van der Waals surface area contributed by atoms with Gasteiger partial charge in [-0.05, 0) is 29.9 Å². The third-order valence-electron chi connectivity index (χ3n) is 2.58. The molecule has 1 aromatic carbocycles. The van der Waals surface area contributed by atoms with Gasteiger partial charge in [-0.15, -0.1) is 0 Å². The van der Waals surface area contributed by atoms with Crippen LogP contribution in [0.5, 0.6) is 0 Å². The van der Waals surface area contributed by atoms with E-state index in [4.69, 9.17) is 5.11 Å². The summed E-state index contributed by atoms with van der Waals surface area (Å²) in [5.41, 5.74) is 0.490. The van der Waals surface area contributed by atoms with Crippen LogP contribution >= 0.6 is 11.8 Å². The number of hydrogen-bond donors (Lipinski definition) is 2. The second kappa shape index (κ2) is 5.39. The SMILES string of the molecule is O=C(O)Nc1cc(F)c(C2=CCSCC2)c(F)c1. The minimum absolute atomic E-state index is 0.0498. The molecule has 1 aromatic rings. The quantitative estimate of drug-likeness (QED) is 0.864. The van der Waals surface area contributed by atoms with E-state index >= 15 is 0 Å². The highest BCUT2D eigenvalue weighted by Gasteiger charge is 2.17. The molecule has 0 fully saturated rings. The second-order valence-corrected chi connectivity index (χ2v) is 4.95. The molecule has 1 amide bonds. The number of halogens is 2. The molecule has 6 heteroatoms. The molecule has 0 aromatic heterocycles. The number of allylic oxidation sites excluding steroid dienone is 1. The Bertz CT molecular complexity index is 494. The lowest BCUT2D eigenvalue weighted by Crippen LogP contribution is -2.09. The van der Waals surface area contributed by atoms with Crippen LogP contribution in [0, 0.1) is 11.6 Å². The third-order valence-corrected chi connectivity index (χ3v) is 3.47. The Morgan fingerprint density at radius 3 is 2.50 bits per heavy atom. The first-order valence-electron chi connectivity index (χ1n) is 5.34. The van der Waals surface area contributed by atoms with E-state index < -0.39 is 17.7 Å². The number of carboxylic acid groups (broad SMARTS) is 1. The van der Waals surface area contributed by atoms with Crippen LogP contribution < -0.4 is 5.32 Å². The Balaban J connectivity index is 2.37. The molecule has 0 saturated carbocycles. The first kappa shape index (κ1) is 12.9. The normalized spacial score (nSPS) is 15.1. The van der Waals surface area contributed by atoms with Crippen LogP contribution in [0.15, 0.2) is 18.2 Å². The fourth-order valence-corrected chi connectivity index (χ4v) is 2.68. The van der Waals surface area contributed by atoms with Crippen LogP contribution in [0.1, 0.15) is 12.0 Å². The zero-order valence-electron chi connectivity index (χ0n) is 9.37. The van der Waals surface area contributed by atoms with Gasteiger partial charge < -0.3 is 5.11 Å². The summed E-state index contributed by atoms with van der Waals surface area (Å²) in [5.74, 6) is 0.0946. The van der Waals surface area contributed by atoms with E-state index in [0.717, 1.165) is 23.6 Å². The van der Waals surface area contributed by atoms with Gasteiger partial charge in [0.05, 0.1) is 0 Å². The maximum absolute atomic E-state index is 13.8. The average molecular weight is 271 g/mol. The molecule has 0 radical (unpaired) electrons. The predicted molar refractivity (Wildman–Crippen MR) is 67.9 cm³/mol. The van der Waals surface area contributed by atoms with Crippen LogP contribution in [0.4, 0.5) is 19.3 Å². The molecule has 0 unspecified atom stereocenters. The molecule has 0 spiro atoms. The van der Waals surface area contributed by atoms with Crippen molar-refractivity contribution in [1.29, 1.82) is 0 Å². The van der Waals surface area contributed by atoms with E-state index in [1.54, 1.807) is 17.8 Å². The van der Waals surface area contributed by atoms with Crippen molar-refractivity contribution in [2.75, 3.05) is 16.8 Å². The van der Waals surface area contributed by atoms with Gasteiger partial charge in [0.1, 0.15) is 11.6 Å². The summed E-state index contributed by atoms with van der Waals surface area (Å²) in [4.78, 5) is 10.4. The summed E-state index contributed by atoms with van der Waals surface area (Å²) in [6.07, 6.45) is 1.07. The topological polar surface area (TPSA) is 49.3 Å². The number of benzene rings is 1. The highest BCUT2D eigenvalue weighted by molar-refractivity contribution is 7.99. The number of hydrogen-bond acceptors (Lipinski definition) is 2. The van der Waals surface area contributed by atoms with Gasteiger partial charge in [0.2, 0.25) is 0 Å². The minimum Gasteiger partial charge on any atom is -0.465 e. The maximum Gasteiger partial charge on any atom is 0.409 e. The molecule has 1 aliphatic rings. The fraction of sp³-hybridized carbons (Fsp3) is 0.250. The largest absolute Gasteiger partial charge is 0.465 e. The standard InChI is InChI=1S/C12H11F2NO2S/c13-9-5-8(15-12(16)17)6-10(14)11(9)7-1-3-18-4-2-7/h1,5-6,15H,2-4H2,(H,16,17). The van der Waals surface area contributed by atoms with Crippen molar-refractivity contribution in [3.05, 3.63) is 35.4 Å². The molecule has 2 N–H and O–H groups in total. The van der Waals surface area contributed by atoms with Crippen LogP contribution in [0.3, 0.4) is 0 Å². The molecule has 0 saturated heterocycles. The Morgan fingerprint density at radius 1 is 1.33 bits per heavy atom. The average Bonchev–Trinajstić information content (AvgIpc) is 2.28. The van der Waals surface area contributed by atoms with Gasteiger partial charge in [-0.3, -0.25) is 5.32 Å². The second-order valence-electron chi connectivity index (χ2n) is 3.80. The number of thioether (sulfide) groups is 1. The zero-order chi connectivity index (χ0) is 13.1. The first-order chi connectivity index (χ1) is 8.58. The van der Waals surface area contributed by atoms with E-state index in [1.165, 1.54) is 0 Å². The minimum atomic E-state index is -1.35. The number of carbonyl (C=O) groups is 1. The molecule has 2 rings (SSSR count). The van der Waals surface area contributed by atoms with E-state index in [-0.39, 0.29) is 11.3 Å². The number of amides is 1. The number of anilines is 1. The first-order valence-corrected chi connectivity index (χ1v) is 6.49. The summed E-state index contributed by atoms with van der Waals surface area (Å²) in [6.45, 7) is 0. The van der Waals surface area contributed by atoms with E-state index in [1.807, 2.05) is 5.32 Å². The molecule has 1 heterocycles. The van der Waals surface area contributed by atoms with Crippen molar-refractivity contribution < 1.29 is 18.7 Å². The van der Waals surface area contributed by atoms with Gasteiger partial charge in [0.15, 0.2) is 0 Å². The highest BCUT2D eigenvalue weighted by atomic mass is 32.2. The lowest BCUT2D eigenvalue weighted by atomic mass is 10.0. The monoisotopic (exact) mass is 271 g/mol. The van der Waals surface area contributed by atoms with Gasteiger partial charge in [0, 0.05) is 17.0 Å². The lowest BCUT2D eigenvalue weighted by molar-refractivity contribution is 0.209. The Hall–Kier alpha value is -1.56. The summed E-state index contributed by atoms with van der Waals surface area (Å²) in [7, 11) is 0. The highest BCUT2D eigenvalue weighted by Crippen LogP contribution is 2.31. The van der Waals surface area contributed by atoms with Gasteiger partial charge in [-0.2, -0.15) is 11.8 Å². The fourth-order valence-electron chi connectivity index (χ4n) is 1.83. The molecule has 1 aliphatic heterocycles. The van der Waals surface area contributed by atoms with Crippen LogP contribution in [-0.2, 0) is 0 Å². The summed E-state index contributed by atoms with van der Waals surface area (Å²) in [5, 5.41) is 10.4. The van der Waals surface area contributed by atoms with Gasteiger partial charge in [-0.1, -0.05) is 6.08 Å². The number of rotatable bonds is 2. The summed E-state index contributed by atoms with van der Waals surface area (Å²) < 4.78 is 27.7. The van der Waals surface area contributed by atoms with Crippen molar-refractivity contribution in [1.82, 2.24) is 0 Å². The molecular weight excluding hydrogens is 260 g/mol. The molecular formula is C12H11F2NO2S. The lowest BCUT2D eigenvalue weighted by Gasteiger charge is -2.15. The van der Waals surface area contributed by atoms with Crippen LogP contribution in [-0.4, -0.2) is 22.7 Å². The molecule has 0 bridgehead atoms. The maximum atomic E-state index is 13.8. The van der Waals surface area contributed by atoms with Crippen molar-refractivity contribution >= 4 is 29.1 Å². The Labute approximate surface area is 107 Å². The third kappa shape index (κ3) is 2.81. The van der Waals surface area contributed by atoms with Crippen molar-refractivity contribution in [3.8, 4) is 0 Å². The van der Waals surface area contributed by atoms with Crippen molar-refractivity contribution in [3.63, 3.8) is 0 Å². The zero-order valence-corrected chi connectivity index (χ0v) is 10.2. The van der Waals surface area contributed by atoms with Crippen molar-refractivity contribution in [2.45, 2.75) is 6.42 Å². The van der Waals surface area contributed by atoms with E-state index in [2.05, 4.69) is 0 Å². The van der Waals surface area contributed by atoms with Crippen LogP contribution in [0.2, 0.25) is 0 Å². The van der Waals surface area contributed by atoms with Gasteiger partial charge in [0.25, 0.3) is 0 Å². The molecule has 18 heavy (non-hydrogen) atoms. The molecule has 3 nitrogen and oxygen atoms in total. The molecule has 96 valence electrons. The Kier molecular flexibility index (Phi) is 3.86. The molecule has 0 atom stereocenters. The van der Waals surface area contributed by atoms with Gasteiger partial charge in [-0.25, -0.2) is 13.6 Å². The summed E-state index contributed by atoms with van der Waals surface area (Å²) in [6, 6.07) is 1.99. The van der Waals surface area contributed by atoms with E-state index in [9.17, 15) is 13.6 Å². The van der Waals surface area contributed by atoms with E-state index in [0.29, 0.717) is 12.0 Å². The van der Waals surface area contributed by atoms with Crippen LogP contribution in [0.25, 0.3) is 5.57 Å². The predicted octanol–water partition coefficient (Wildman–Crippen LogP) is 3.58. The Morgan fingerprint density at radius 2 is 2.00 bits per heavy atom. The summed E-state index contributed by atoms with van der Waals surface area (Å²) >= 11 is 1.71. The molecule has 0 aliphatic carbocycles.